The van der Waals surface area contributed by atoms with Gasteiger partial charge in [-0.15, -0.1) is 0 Å². The molecule has 1 aliphatic heterocycles. The van der Waals surface area contributed by atoms with Gasteiger partial charge in [0.1, 0.15) is 6.04 Å². The number of allylic oxidation sites excluding steroid dienone is 1. The fourth-order valence-corrected chi connectivity index (χ4v) is 1.38. The van der Waals surface area contributed by atoms with Crippen LogP contribution in [0.15, 0.2) is 23.9 Å². The Morgan fingerprint density at radius 2 is 2.50 bits per heavy atom. The van der Waals surface area contributed by atoms with Gasteiger partial charge in [0.25, 0.3) is 0 Å². The molecule has 1 heterocycles. The first kappa shape index (κ1) is 5.71. The van der Waals surface area contributed by atoms with E-state index < -0.39 is 0 Å². The third-order valence-electron chi connectivity index (χ3n) is 1.98. The minimum Gasteiger partial charge on any atom is -0.274 e. The van der Waals surface area contributed by atoms with E-state index in [9.17, 15) is 0 Å². The second kappa shape index (κ2) is 2.29. The molecule has 2 rings (SSSR count). The maximum Gasteiger partial charge on any atom is 0.234 e. The Morgan fingerprint density at radius 1 is 1.50 bits per heavy atom. The highest BCUT2D eigenvalue weighted by molar-refractivity contribution is 5.51. The zero-order valence-electron chi connectivity index (χ0n) is 5.80. The minimum atomic E-state index is 0.561. The summed E-state index contributed by atoms with van der Waals surface area (Å²) < 4.78 is 0. The summed E-state index contributed by atoms with van der Waals surface area (Å²) in [6, 6.07) is 0.561. The molecule has 2 N–H and O–H groups in total. The third-order valence-corrected chi connectivity index (χ3v) is 1.98. The summed E-state index contributed by atoms with van der Waals surface area (Å²) in [6.45, 7) is 0. The van der Waals surface area contributed by atoms with Crippen molar-refractivity contribution in [3.63, 3.8) is 0 Å². The zero-order chi connectivity index (χ0) is 6.81. The molecular formula is C8H11N2+. The molecule has 2 nitrogen and oxygen atoms in total. The van der Waals surface area contributed by atoms with Gasteiger partial charge in [0.05, 0.1) is 6.20 Å². The van der Waals surface area contributed by atoms with Crippen molar-refractivity contribution >= 4 is 6.34 Å². The predicted octanol–water partition coefficient (Wildman–Crippen LogP) is -0.699. The normalized spacial score (nSPS) is 28.8. The Morgan fingerprint density at radius 3 is 3.40 bits per heavy atom. The maximum absolute atomic E-state index is 3.27. The summed E-state index contributed by atoms with van der Waals surface area (Å²) >= 11 is 0. The Labute approximate surface area is 60.3 Å². The van der Waals surface area contributed by atoms with Crippen LogP contribution in [0.2, 0.25) is 0 Å². The predicted molar refractivity (Wildman–Crippen MR) is 40.4 cm³/mol. The molecule has 0 aromatic heterocycles. The van der Waals surface area contributed by atoms with Gasteiger partial charge in [-0.1, -0.05) is 12.2 Å². The van der Waals surface area contributed by atoms with Crippen LogP contribution in [0, 0.1) is 0 Å². The van der Waals surface area contributed by atoms with E-state index in [2.05, 4.69) is 28.7 Å². The molecule has 0 radical (unpaired) electrons. The van der Waals surface area contributed by atoms with Gasteiger partial charge in [0.15, 0.2) is 0 Å². The number of hydrogen-bond acceptors (Lipinski definition) is 1. The SMILES string of the molecule is C1=CCC2[NH+]=CNC=C2C1. The largest absolute Gasteiger partial charge is 0.274 e. The topological polar surface area (TPSA) is 26.0 Å². The van der Waals surface area contributed by atoms with Gasteiger partial charge in [-0.2, -0.15) is 0 Å². The molecule has 1 atom stereocenters. The fraction of sp³-hybridized carbons (Fsp3) is 0.375. The van der Waals surface area contributed by atoms with Gasteiger partial charge < -0.3 is 0 Å². The highest BCUT2D eigenvalue weighted by atomic mass is 15.0. The average Bonchev–Trinajstić information content (AvgIpc) is 2.05. The minimum absolute atomic E-state index is 0.561. The van der Waals surface area contributed by atoms with Crippen molar-refractivity contribution in [2.24, 2.45) is 0 Å². The van der Waals surface area contributed by atoms with E-state index >= 15 is 0 Å². The molecule has 10 heavy (non-hydrogen) atoms. The van der Waals surface area contributed by atoms with Gasteiger partial charge in [0.2, 0.25) is 6.34 Å². The van der Waals surface area contributed by atoms with E-state index in [-0.39, 0.29) is 0 Å². The first-order valence-electron chi connectivity index (χ1n) is 3.64. The van der Waals surface area contributed by atoms with Crippen LogP contribution in [0.5, 0.6) is 0 Å². The van der Waals surface area contributed by atoms with E-state index in [1.807, 2.05) is 6.34 Å². The van der Waals surface area contributed by atoms with Crippen molar-refractivity contribution in [3.05, 3.63) is 23.9 Å². The number of fused-ring (bicyclic) bond motifs is 1. The first-order chi connectivity index (χ1) is 4.97. The molecule has 0 bridgehead atoms. The molecule has 0 saturated heterocycles. The van der Waals surface area contributed by atoms with Crippen LogP contribution >= 0.6 is 0 Å². The van der Waals surface area contributed by atoms with Crippen LogP contribution in [-0.4, -0.2) is 12.4 Å². The molecule has 0 aromatic carbocycles. The smallest absolute Gasteiger partial charge is 0.234 e. The summed E-state index contributed by atoms with van der Waals surface area (Å²) in [5.74, 6) is 0. The lowest BCUT2D eigenvalue weighted by Gasteiger charge is -2.16. The molecule has 2 aliphatic rings. The molecule has 1 aliphatic carbocycles. The van der Waals surface area contributed by atoms with Crippen molar-refractivity contribution in [3.8, 4) is 0 Å². The number of rotatable bonds is 0. The number of nitrogens with one attached hydrogen (secondary N) is 2. The molecule has 0 fully saturated rings. The number of hydrogen-bond donors (Lipinski definition) is 2. The van der Waals surface area contributed by atoms with E-state index in [1.165, 1.54) is 5.57 Å². The van der Waals surface area contributed by atoms with Crippen molar-refractivity contribution in [1.82, 2.24) is 5.32 Å². The molecule has 0 aromatic rings. The van der Waals surface area contributed by atoms with Crippen LogP contribution in [-0.2, 0) is 0 Å². The molecule has 52 valence electrons. The second-order valence-electron chi connectivity index (χ2n) is 2.66. The zero-order valence-corrected chi connectivity index (χ0v) is 5.80. The summed E-state index contributed by atoms with van der Waals surface area (Å²) in [5, 5.41) is 3.05. The fourth-order valence-electron chi connectivity index (χ4n) is 1.38. The molecule has 2 heteroatoms. The van der Waals surface area contributed by atoms with Crippen molar-refractivity contribution < 1.29 is 4.99 Å². The molecule has 1 unspecified atom stereocenters. The standard InChI is InChI=1S/C8H10N2/c1-2-4-8-7(3-1)5-9-6-10-8/h1-2,5-6,8H,3-4H2,(H,9,10)/p+1. The van der Waals surface area contributed by atoms with Crippen molar-refractivity contribution in [2.45, 2.75) is 18.9 Å². The van der Waals surface area contributed by atoms with E-state index in [1.54, 1.807) is 0 Å². The van der Waals surface area contributed by atoms with Crippen LogP contribution in [0.4, 0.5) is 0 Å². The summed E-state index contributed by atoms with van der Waals surface area (Å²) in [4.78, 5) is 3.27. The quantitative estimate of drug-likeness (QED) is 0.422. The van der Waals surface area contributed by atoms with E-state index in [0.29, 0.717) is 6.04 Å². The van der Waals surface area contributed by atoms with Crippen molar-refractivity contribution in [2.75, 3.05) is 0 Å². The third kappa shape index (κ3) is 0.856. The summed E-state index contributed by atoms with van der Waals surface area (Å²) in [5.41, 5.74) is 1.46. The Kier molecular flexibility index (Phi) is 1.31. The van der Waals surface area contributed by atoms with Crippen LogP contribution in [0.1, 0.15) is 12.8 Å². The first-order valence-corrected chi connectivity index (χ1v) is 3.64. The van der Waals surface area contributed by atoms with Gasteiger partial charge >= 0.3 is 0 Å². The van der Waals surface area contributed by atoms with Crippen LogP contribution in [0.25, 0.3) is 0 Å². The van der Waals surface area contributed by atoms with E-state index in [0.717, 1.165) is 12.8 Å². The summed E-state index contributed by atoms with van der Waals surface area (Å²) in [7, 11) is 0. The van der Waals surface area contributed by atoms with Crippen LogP contribution < -0.4 is 10.3 Å². The van der Waals surface area contributed by atoms with Crippen molar-refractivity contribution in [1.29, 1.82) is 0 Å². The monoisotopic (exact) mass is 135 g/mol. The highest BCUT2D eigenvalue weighted by Gasteiger charge is 2.18. The molecule has 0 spiro atoms. The Hall–Kier alpha value is -1.05. The lowest BCUT2D eigenvalue weighted by molar-refractivity contribution is -0.490. The Balaban J connectivity index is 2.23. The van der Waals surface area contributed by atoms with Gasteiger partial charge in [-0.05, 0) is 6.42 Å². The molecular weight excluding hydrogens is 124 g/mol. The van der Waals surface area contributed by atoms with E-state index in [4.69, 9.17) is 0 Å². The highest BCUT2D eigenvalue weighted by Crippen LogP contribution is 2.14. The van der Waals surface area contributed by atoms with Crippen LogP contribution in [0.3, 0.4) is 0 Å². The second-order valence-corrected chi connectivity index (χ2v) is 2.66. The maximum atomic E-state index is 3.27. The lowest BCUT2D eigenvalue weighted by atomic mass is 9.96. The van der Waals surface area contributed by atoms with Gasteiger partial charge in [0, 0.05) is 12.0 Å². The average molecular weight is 135 g/mol. The Bertz CT molecular complexity index is 213. The molecule has 0 saturated carbocycles. The van der Waals surface area contributed by atoms with Gasteiger partial charge in [-0.3, -0.25) is 10.3 Å². The summed E-state index contributed by atoms with van der Waals surface area (Å²) in [6.07, 6.45) is 10.7. The lowest BCUT2D eigenvalue weighted by Crippen LogP contribution is -2.80. The molecule has 0 amide bonds. The van der Waals surface area contributed by atoms with Gasteiger partial charge in [-0.25, -0.2) is 0 Å².